The molecule has 3 rings (SSSR count). The van der Waals surface area contributed by atoms with Crippen molar-refractivity contribution in [3.05, 3.63) is 48.0 Å². The van der Waals surface area contributed by atoms with Crippen LogP contribution in [0, 0.1) is 5.92 Å². The van der Waals surface area contributed by atoms with E-state index in [0.29, 0.717) is 26.1 Å². The number of carbonyl (C=O) groups is 2. The highest BCUT2D eigenvalue weighted by Gasteiger charge is 2.27. The maximum atomic E-state index is 12.2. The van der Waals surface area contributed by atoms with E-state index in [1.54, 1.807) is 0 Å². The monoisotopic (exact) mass is 312 g/mol. The SMILES string of the molecule is NC(=O)[C@@H](Cc1ccc2ccccc2c1)NC(=O)[C@@H]1CCOC1. The van der Waals surface area contributed by atoms with Gasteiger partial charge in [-0.25, -0.2) is 0 Å². The van der Waals surface area contributed by atoms with Gasteiger partial charge in [0.05, 0.1) is 12.5 Å². The number of amides is 2. The summed E-state index contributed by atoms with van der Waals surface area (Å²) in [6.07, 6.45) is 1.08. The van der Waals surface area contributed by atoms with Crippen molar-refractivity contribution in [2.45, 2.75) is 18.9 Å². The maximum absolute atomic E-state index is 12.2. The van der Waals surface area contributed by atoms with Crippen molar-refractivity contribution >= 4 is 22.6 Å². The standard InChI is InChI=1S/C18H20N2O3/c19-17(21)16(20-18(22)15-7-8-23-11-15)10-12-5-6-13-3-1-2-4-14(13)9-12/h1-6,9,15-16H,7-8,10-11H2,(H2,19,21)(H,20,22)/t15-,16-/m1/s1. The van der Waals surface area contributed by atoms with E-state index in [-0.39, 0.29) is 11.8 Å². The largest absolute Gasteiger partial charge is 0.381 e. The number of benzene rings is 2. The fraction of sp³-hybridized carbons (Fsp3) is 0.333. The Balaban J connectivity index is 1.72. The summed E-state index contributed by atoms with van der Waals surface area (Å²) in [6, 6.07) is 13.3. The Morgan fingerprint density at radius 2 is 2.00 bits per heavy atom. The van der Waals surface area contributed by atoms with E-state index in [0.717, 1.165) is 16.3 Å². The van der Waals surface area contributed by atoms with Gasteiger partial charge in [-0.15, -0.1) is 0 Å². The highest BCUT2D eigenvalue weighted by atomic mass is 16.5. The van der Waals surface area contributed by atoms with Crippen molar-refractivity contribution in [1.29, 1.82) is 0 Å². The summed E-state index contributed by atoms with van der Waals surface area (Å²) >= 11 is 0. The molecule has 0 aromatic heterocycles. The second kappa shape index (κ2) is 6.79. The van der Waals surface area contributed by atoms with Gasteiger partial charge in [-0.2, -0.15) is 0 Å². The first-order valence-electron chi connectivity index (χ1n) is 7.78. The smallest absolute Gasteiger partial charge is 0.240 e. The third kappa shape index (κ3) is 3.68. The van der Waals surface area contributed by atoms with Crippen LogP contribution in [0.5, 0.6) is 0 Å². The lowest BCUT2D eigenvalue weighted by Crippen LogP contribution is -2.48. The lowest BCUT2D eigenvalue weighted by molar-refractivity contribution is -0.129. The quantitative estimate of drug-likeness (QED) is 0.875. The molecule has 0 radical (unpaired) electrons. The average Bonchev–Trinajstić information content (AvgIpc) is 3.08. The van der Waals surface area contributed by atoms with Crippen LogP contribution in [0.3, 0.4) is 0 Å². The molecule has 2 aromatic carbocycles. The molecule has 23 heavy (non-hydrogen) atoms. The molecule has 0 spiro atoms. The van der Waals surface area contributed by atoms with Crippen LogP contribution in [0.2, 0.25) is 0 Å². The third-order valence-corrected chi connectivity index (χ3v) is 4.21. The molecule has 1 fully saturated rings. The van der Waals surface area contributed by atoms with E-state index in [1.807, 2.05) is 42.5 Å². The van der Waals surface area contributed by atoms with E-state index in [1.165, 1.54) is 0 Å². The second-order valence-corrected chi connectivity index (χ2v) is 5.91. The van der Waals surface area contributed by atoms with Crippen LogP contribution in [-0.2, 0) is 20.7 Å². The molecule has 5 nitrogen and oxygen atoms in total. The lowest BCUT2D eigenvalue weighted by Gasteiger charge is -2.18. The first-order chi connectivity index (χ1) is 11.1. The number of rotatable bonds is 5. The number of primary amides is 1. The third-order valence-electron chi connectivity index (χ3n) is 4.21. The van der Waals surface area contributed by atoms with E-state index in [9.17, 15) is 9.59 Å². The first kappa shape index (κ1) is 15.5. The van der Waals surface area contributed by atoms with Gasteiger partial charge in [0.15, 0.2) is 0 Å². The Bertz CT molecular complexity index is 723. The predicted molar refractivity (Wildman–Crippen MR) is 87.7 cm³/mol. The number of nitrogens with one attached hydrogen (secondary N) is 1. The Kier molecular flexibility index (Phi) is 4.57. The molecule has 1 heterocycles. The lowest BCUT2D eigenvalue weighted by atomic mass is 10.0. The van der Waals surface area contributed by atoms with Crippen molar-refractivity contribution in [2.75, 3.05) is 13.2 Å². The number of carbonyl (C=O) groups excluding carboxylic acids is 2. The number of fused-ring (bicyclic) bond motifs is 1. The first-order valence-corrected chi connectivity index (χ1v) is 7.78. The summed E-state index contributed by atoms with van der Waals surface area (Å²) in [5, 5.41) is 5.00. The van der Waals surface area contributed by atoms with Crippen molar-refractivity contribution < 1.29 is 14.3 Å². The van der Waals surface area contributed by atoms with E-state index < -0.39 is 11.9 Å². The van der Waals surface area contributed by atoms with E-state index in [2.05, 4.69) is 5.32 Å². The van der Waals surface area contributed by atoms with Crippen LogP contribution < -0.4 is 11.1 Å². The zero-order valence-electron chi connectivity index (χ0n) is 12.8. The number of nitrogens with two attached hydrogens (primary N) is 1. The molecule has 1 aliphatic heterocycles. The summed E-state index contributed by atoms with van der Waals surface area (Å²) in [6.45, 7) is 0.997. The molecule has 3 N–H and O–H groups in total. The maximum Gasteiger partial charge on any atom is 0.240 e. The Morgan fingerprint density at radius 1 is 1.22 bits per heavy atom. The average molecular weight is 312 g/mol. The highest BCUT2D eigenvalue weighted by Crippen LogP contribution is 2.17. The predicted octanol–water partition coefficient (Wildman–Crippen LogP) is 1.39. The molecule has 5 heteroatoms. The summed E-state index contributed by atoms with van der Waals surface area (Å²) in [7, 11) is 0. The van der Waals surface area contributed by atoms with Crippen LogP contribution in [0.4, 0.5) is 0 Å². The van der Waals surface area contributed by atoms with Crippen molar-refractivity contribution in [1.82, 2.24) is 5.32 Å². The van der Waals surface area contributed by atoms with E-state index in [4.69, 9.17) is 10.5 Å². The topological polar surface area (TPSA) is 81.4 Å². The fourth-order valence-electron chi connectivity index (χ4n) is 2.86. The van der Waals surface area contributed by atoms with Gasteiger partial charge in [0, 0.05) is 13.0 Å². The van der Waals surface area contributed by atoms with Gasteiger partial charge < -0.3 is 15.8 Å². The normalized spacial score (nSPS) is 18.7. The van der Waals surface area contributed by atoms with Gasteiger partial charge in [0.2, 0.25) is 11.8 Å². The summed E-state index contributed by atoms with van der Waals surface area (Å²) < 4.78 is 5.21. The fourth-order valence-corrected chi connectivity index (χ4v) is 2.86. The van der Waals surface area contributed by atoms with Gasteiger partial charge in [0.1, 0.15) is 6.04 Å². The summed E-state index contributed by atoms with van der Waals surface area (Å²) in [5.41, 5.74) is 6.43. The highest BCUT2D eigenvalue weighted by molar-refractivity contribution is 5.88. The summed E-state index contributed by atoms with van der Waals surface area (Å²) in [4.78, 5) is 23.9. The zero-order valence-corrected chi connectivity index (χ0v) is 12.8. The van der Waals surface area contributed by atoms with Crippen molar-refractivity contribution in [3.63, 3.8) is 0 Å². The van der Waals surface area contributed by atoms with Gasteiger partial charge >= 0.3 is 0 Å². The second-order valence-electron chi connectivity index (χ2n) is 5.91. The van der Waals surface area contributed by atoms with Gasteiger partial charge in [-0.05, 0) is 22.8 Å². The number of hydrogen-bond donors (Lipinski definition) is 2. The van der Waals surface area contributed by atoms with Crippen LogP contribution in [0.15, 0.2) is 42.5 Å². The van der Waals surface area contributed by atoms with Crippen LogP contribution in [-0.4, -0.2) is 31.1 Å². The molecule has 1 aliphatic rings. The van der Waals surface area contributed by atoms with Crippen molar-refractivity contribution in [2.24, 2.45) is 11.7 Å². The molecule has 2 atom stereocenters. The van der Waals surface area contributed by atoms with E-state index >= 15 is 0 Å². The molecule has 2 amide bonds. The van der Waals surface area contributed by atoms with Crippen molar-refractivity contribution in [3.8, 4) is 0 Å². The minimum atomic E-state index is -0.704. The van der Waals surface area contributed by atoms with Crippen LogP contribution in [0.25, 0.3) is 10.8 Å². The molecule has 1 saturated heterocycles. The van der Waals surface area contributed by atoms with Crippen LogP contribution >= 0.6 is 0 Å². The minimum Gasteiger partial charge on any atom is -0.381 e. The Morgan fingerprint density at radius 3 is 2.70 bits per heavy atom. The molecular formula is C18H20N2O3. The van der Waals surface area contributed by atoms with Gasteiger partial charge in [0.25, 0.3) is 0 Å². The minimum absolute atomic E-state index is 0.160. The molecule has 0 saturated carbocycles. The van der Waals surface area contributed by atoms with Crippen LogP contribution in [0.1, 0.15) is 12.0 Å². The molecule has 0 bridgehead atoms. The molecule has 120 valence electrons. The van der Waals surface area contributed by atoms with Gasteiger partial charge in [-0.3, -0.25) is 9.59 Å². The van der Waals surface area contributed by atoms with Gasteiger partial charge in [-0.1, -0.05) is 42.5 Å². The molecule has 2 aromatic rings. The Hall–Kier alpha value is -2.40. The molecular weight excluding hydrogens is 292 g/mol. The molecule has 0 unspecified atom stereocenters. The number of hydrogen-bond acceptors (Lipinski definition) is 3. The summed E-state index contributed by atoms with van der Waals surface area (Å²) in [5.74, 6) is -0.869. The molecule has 0 aliphatic carbocycles. The zero-order chi connectivity index (χ0) is 16.2. The number of ether oxygens (including phenoxy) is 1. The Labute approximate surface area is 134 Å².